The average molecular weight is 278 g/mol. The molecule has 0 spiro atoms. The van der Waals surface area contributed by atoms with Gasteiger partial charge in [-0.1, -0.05) is 27.7 Å². The van der Waals surface area contributed by atoms with E-state index in [1.165, 1.54) is 0 Å². The predicted octanol–water partition coefficient (Wildman–Crippen LogP) is 2.50. The van der Waals surface area contributed by atoms with Gasteiger partial charge >= 0.3 is 0 Å². The number of hydrogen-bond donors (Lipinski definition) is 0. The maximum Gasteiger partial charge on any atom is 0.226 e. The summed E-state index contributed by atoms with van der Waals surface area (Å²) in [4.78, 5) is 14.4. The fourth-order valence-corrected chi connectivity index (χ4v) is 3.14. The summed E-state index contributed by atoms with van der Waals surface area (Å²) in [5, 5.41) is 8.08. The van der Waals surface area contributed by atoms with E-state index >= 15 is 0 Å². The van der Waals surface area contributed by atoms with Crippen LogP contribution in [0.3, 0.4) is 0 Å². The summed E-state index contributed by atoms with van der Waals surface area (Å²) in [6.07, 6.45) is 1.73. The highest BCUT2D eigenvalue weighted by atomic mass is 16.2. The van der Waals surface area contributed by atoms with Gasteiger partial charge in [-0.15, -0.1) is 10.2 Å². The molecule has 0 unspecified atom stereocenters. The maximum absolute atomic E-state index is 12.6. The molecule has 0 aromatic carbocycles. The van der Waals surface area contributed by atoms with Crippen molar-refractivity contribution in [3.8, 4) is 0 Å². The quantitative estimate of drug-likeness (QED) is 0.850. The van der Waals surface area contributed by atoms with Crippen LogP contribution < -0.4 is 0 Å². The van der Waals surface area contributed by atoms with Gasteiger partial charge < -0.3 is 9.47 Å². The minimum Gasteiger partial charge on any atom is -0.338 e. The largest absolute Gasteiger partial charge is 0.338 e. The Balaban J connectivity index is 2.08. The van der Waals surface area contributed by atoms with Crippen molar-refractivity contribution in [2.24, 2.45) is 16.7 Å². The van der Waals surface area contributed by atoms with E-state index in [0.29, 0.717) is 12.6 Å². The predicted molar refractivity (Wildman–Crippen MR) is 77.9 cm³/mol. The standard InChI is InChI=1S/C15H26N4O/c1-10(2)19-9-16-17-11(19)8-18(7)13(20)12-14(3,4)15(12,5)6/h9-10,12H,8H2,1-7H3. The van der Waals surface area contributed by atoms with Crippen LogP contribution in [0.2, 0.25) is 0 Å². The number of amides is 1. The van der Waals surface area contributed by atoms with Gasteiger partial charge in [-0.2, -0.15) is 0 Å². The van der Waals surface area contributed by atoms with Gasteiger partial charge in [0, 0.05) is 19.0 Å². The van der Waals surface area contributed by atoms with Gasteiger partial charge in [-0.25, -0.2) is 0 Å². The van der Waals surface area contributed by atoms with Crippen LogP contribution in [0.25, 0.3) is 0 Å². The molecule has 0 N–H and O–H groups in total. The number of nitrogens with zero attached hydrogens (tertiary/aromatic N) is 4. The van der Waals surface area contributed by atoms with Crippen molar-refractivity contribution in [2.45, 2.75) is 54.1 Å². The van der Waals surface area contributed by atoms with E-state index < -0.39 is 0 Å². The third-order valence-electron chi connectivity index (χ3n) is 5.23. The molecular formula is C15H26N4O. The molecule has 2 rings (SSSR count). The van der Waals surface area contributed by atoms with E-state index in [1.54, 1.807) is 11.2 Å². The lowest BCUT2D eigenvalue weighted by atomic mass is 10.0. The first-order valence-electron chi connectivity index (χ1n) is 7.24. The van der Waals surface area contributed by atoms with Crippen LogP contribution in [0.1, 0.15) is 53.4 Å². The maximum atomic E-state index is 12.6. The molecule has 0 saturated heterocycles. The minimum atomic E-state index is 0.0735. The third-order valence-corrected chi connectivity index (χ3v) is 5.23. The van der Waals surface area contributed by atoms with Crippen LogP contribution in [0, 0.1) is 16.7 Å². The Kier molecular flexibility index (Phi) is 3.43. The van der Waals surface area contributed by atoms with Crippen molar-refractivity contribution in [2.75, 3.05) is 7.05 Å². The Bertz CT molecular complexity index is 502. The first-order valence-corrected chi connectivity index (χ1v) is 7.24. The zero-order valence-corrected chi connectivity index (χ0v) is 13.6. The van der Waals surface area contributed by atoms with Crippen molar-refractivity contribution >= 4 is 5.91 Å². The molecule has 112 valence electrons. The van der Waals surface area contributed by atoms with Crippen molar-refractivity contribution in [1.82, 2.24) is 19.7 Å². The number of hydrogen-bond acceptors (Lipinski definition) is 3. The molecule has 1 aromatic rings. The monoisotopic (exact) mass is 278 g/mol. The van der Waals surface area contributed by atoms with Gasteiger partial charge in [-0.05, 0) is 24.7 Å². The van der Waals surface area contributed by atoms with E-state index in [0.717, 1.165) is 5.82 Å². The van der Waals surface area contributed by atoms with E-state index in [-0.39, 0.29) is 22.7 Å². The van der Waals surface area contributed by atoms with Crippen LogP contribution in [-0.4, -0.2) is 32.6 Å². The highest BCUT2D eigenvalue weighted by molar-refractivity contribution is 5.84. The Morgan fingerprint density at radius 2 is 1.90 bits per heavy atom. The zero-order chi connectivity index (χ0) is 15.3. The smallest absolute Gasteiger partial charge is 0.226 e. The third kappa shape index (κ3) is 2.13. The molecule has 1 aliphatic carbocycles. The lowest BCUT2D eigenvalue weighted by Crippen LogP contribution is -2.31. The summed E-state index contributed by atoms with van der Waals surface area (Å²) in [5.41, 5.74) is 0.147. The topological polar surface area (TPSA) is 51.0 Å². The molecule has 5 nitrogen and oxygen atoms in total. The summed E-state index contributed by atoms with van der Waals surface area (Å²) in [6.45, 7) is 13.4. The second-order valence-electron chi connectivity index (χ2n) is 7.32. The van der Waals surface area contributed by atoms with Gasteiger partial charge in [0.05, 0.1) is 6.54 Å². The molecule has 0 atom stereocenters. The van der Waals surface area contributed by atoms with Crippen molar-refractivity contribution < 1.29 is 4.79 Å². The second kappa shape index (κ2) is 4.57. The second-order valence-corrected chi connectivity index (χ2v) is 7.32. The van der Waals surface area contributed by atoms with Crippen LogP contribution >= 0.6 is 0 Å². The van der Waals surface area contributed by atoms with Crippen molar-refractivity contribution in [3.63, 3.8) is 0 Å². The normalized spacial score (nSPS) is 20.2. The minimum absolute atomic E-state index is 0.0735. The fourth-order valence-electron chi connectivity index (χ4n) is 3.14. The van der Waals surface area contributed by atoms with Gasteiger partial charge in [0.1, 0.15) is 6.33 Å². The van der Waals surface area contributed by atoms with Crippen LogP contribution in [0.4, 0.5) is 0 Å². The molecule has 5 heteroatoms. The molecular weight excluding hydrogens is 252 g/mol. The van der Waals surface area contributed by atoms with E-state index in [4.69, 9.17) is 0 Å². The van der Waals surface area contributed by atoms with Gasteiger partial charge in [-0.3, -0.25) is 4.79 Å². The Hall–Kier alpha value is -1.39. The first kappa shape index (κ1) is 15.0. The molecule has 1 saturated carbocycles. The van der Waals surface area contributed by atoms with Crippen molar-refractivity contribution in [3.05, 3.63) is 12.2 Å². The molecule has 0 aliphatic heterocycles. The molecule has 0 bridgehead atoms. The van der Waals surface area contributed by atoms with E-state index in [1.807, 2.05) is 11.6 Å². The van der Waals surface area contributed by atoms with Crippen LogP contribution in [0.5, 0.6) is 0 Å². The molecule has 1 amide bonds. The van der Waals surface area contributed by atoms with E-state index in [2.05, 4.69) is 51.7 Å². The lowest BCUT2D eigenvalue weighted by molar-refractivity contribution is -0.133. The van der Waals surface area contributed by atoms with Gasteiger partial charge in [0.2, 0.25) is 5.91 Å². The number of aromatic nitrogens is 3. The number of carbonyl (C=O) groups excluding carboxylic acids is 1. The summed E-state index contributed by atoms with van der Waals surface area (Å²) in [5.74, 6) is 1.14. The van der Waals surface area contributed by atoms with Gasteiger partial charge in [0.25, 0.3) is 0 Å². The average Bonchev–Trinajstić information content (AvgIpc) is 2.69. The molecule has 1 aromatic heterocycles. The molecule has 0 radical (unpaired) electrons. The van der Waals surface area contributed by atoms with Gasteiger partial charge in [0.15, 0.2) is 5.82 Å². The first-order chi connectivity index (χ1) is 9.10. The highest BCUT2D eigenvalue weighted by Gasteiger charge is 2.68. The molecule has 1 aliphatic rings. The SMILES string of the molecule is CC(C)n1cnnc1CN(C)C(=O)C1C(C)(C)C1(C)C. The molecule has 1 heterocycles. The van der Waals surface area contributed by atoms with E-state index in [9.17, 15) is 4.79 Å². The summed E-state index contributed by atoms with van der Waals surface area (Å²) in [7, 11) is 1.85. The molecule has 20 heavy (non-hydrogen) atoms. The summed E-state index contributed by atoms with van der Waals surface area (Å²) < 4.78 is 2.01. The Morgan fingerprint density at radius 3 is 2.35 bits per heavy atom. The Morgan fingerprint density at radius 1 is 1.35 bits per heavy atom. The number of rotatable bonds is 4. The highest BCUT2D eigenvalue weighted by Crippen LogP contribution is 2.68. The zero-order valence-electron chi connectivity index (χ0n) is 13.6. The summed E-state index contributed by atoms with van der Waals surface area (Å²) in [6, 6.07) is 0.303. The number of carbonyl (C=O) groups is 1. The summed E-state index contributed by atoms with van der Waals surface area (Å²) >= 11 is 0. The van der Waals surface area contributed by atoms with Crippen LogP contribution in [-0.2, 0) is 11.3 Å². The molecule has 1 fully saturated rings. The Labute approximate surface area is 121 Å². The van der Waals surface area contributed by atoms with Crippen molar-refractivity contribution in [1.29, 1.82) is 0 Å². The lowest BCUT2D eigenvalue weighted by Gasteiger charge is -2.19. The van der Waals surface area contributed by atoms with Crippen LogP contribution in [0.15, 0.2) is 6.33 Å². The fraction of sp³-hybridized carbons (Fsp3) is 0.800.